The van der Waals surface area contributed by atoms with Crippen LogP contribution >= 0.6 is 0 Å². The fraction of sp³-hybridized carbons (Fsp3) is 0.233. The van der Waals surface area contributed by atoms with Gasteiger partial charge in [0.25, 0.3) is 11.7 Å². The summed E-state index contributed by atoms with van der Waals surface area (Å²) in [6.45, 7) is 3.99. The molecule has 0 radical (unpaired) electrons. The summed E-state index contributed by atoms with van der Waals surface area (Å²) in [4.78, 5) is 40.2. The number of carbonyl (C=O) groups is 3. The summed E-state index contributed by atoms with van der Waals surface area (Å²) in [6.07, 6.45) is 0. The fourth-order valence-corrected chi connectivity index (χ4v) is 4.65. The molecule has 0 saturated carbocycles. The van der Waals surface area contributed by atoms with Gasteiger partial charge in [-0.1, -0.05) is 32.0 Å². The molecular weight excluding hydrogens is 486 g/mol. The van der Waals surface area contributed by atoms with E-state index in [1.54, 1.807) is 61.7 Å². The quantitative estimate of drug-likeness (QED) is 0.199. The summed E-state index contributed by atoms with van der Waals surface area (Å²) >= 11 is 0. The summed E-state index contributed by atoms with van der Waals surface area (Å²) in [5.41, 5.74) is 2.33. The monoisotopic (exact) mass is 515 g/mol. The van der Waals surface area contributed by atoms with Crippen molar-refractivity contribution in [3.8, 4) is 11.5 Å². The van der Waals surface area contributed by atoms with Crippen LogP contribution in [-0.4, -0.2) is 44.1 Å². The Morgan fingerprint density at radius 2 is 1.50 bits per heavy atom. The average molecular weight is 516 g/mol. The number of ketones is 1. The largest absolute Gasteiger partial charge is 0.507 e. The van der Waals surface area contributed by atoms with Crippen LogP contribution in [0.2, 0.25) is 0 Å². The second-order valence-electron chi connectivity index (χ2n) is 9.06. The molecule has 1 amide bonds. The van der Waals surface area contributed by atoms with Crippen LogP contribution in [0.25, 0.3) is 5.76 Å². The molecule has 1 aliphatic heterocycles. The van der Waals surface area contributed by atoms with E-state index in [2.05, 4.69) is 0 Å². The van der Waals surface area contributed by atoms with Gasteiger partial charge in [-0.2, -0.15) is 0 Å². The molecule has 8 nitrogen and oxygen atoms in total. The number of hydrogen-bond donors (Lipinski definition) is 1. The van der Waals surface area contributed by atoms with Crippen LogP contribution in [0.5, 0.6) is 11.5 Å². The maximum absolute atomic E-state index is 13.5. The molecule has 1 fully saturated rings. The Hall–Kier alpha value is -4.59. The topological polar surface area (TPSA) is 102 Å². The lowest BCUT2D eigenvalue weighted by Gasteiger charge is -2.26. The van der Waals surface area contributed by atoms with Crippen LogP contribution in [0, 0.1) is 0 Å². The number of nitrogens with zero attached hydrogens (tertiary/aromatic N) is 1. The lowest BCUT2D eigenvalue weighted by atomic mass is 9.92. The molecule has 3 aromatic carbocycles. The molecule has 1 aliphatic rings. The third-order valence-electron chi connectivity index (χ3n) is 6.57. The van der Waals surface area contributed by atoms with Crippen LogP contribution < -0.4 is 14.4 Å². The van der Waals surface area contributed by atoms with Gasteiger partial charge in [0.05, 0.1) is 38.5 Å². The predicted molar refractivity (Wildman–Crippen MR) is 143 cm³/mol. The minimum atomic E-state index is -0.986. The number of ether oxygens (including phenoxy) is 3. The Kier molecular flexibility index (Phi) is 7.52. The van der Waals surface area contributed by atoms with E-state index in [4.69, 9.17) is 14.2 Å². The number of rotatable bonds is 7. The highest BCUT2D eigenvalue weighted by Gasteiger charge is 2.48. The smallest absolute Gasteiger partial charge is 0.337 e. The van der Waals surface area contributed by atoms with Crippen molar-refractivity contribution in [2.24, 2.45) is 0 Å². The number of methoxy groups -OCH3 is 3. The zero-order chi connectivity index (χ0) is 27.6. The zero-order valence-corrected chi connectivity index (χ0v) is 21.8. The third kappa shape index (κ3) is 4.61. The summed E-state index contributed by atoms with van der Waals surface area (Å²) in [7, 11) is 4.34. The highest BCUT2D eigenvalue weighted by atomic mass is 16.5. The van der Waals surface area contributed by atoms with E-state index in [-0.39, 0.29) is 17.3 Å². The third-order valence-corrected chi connectivity index (χ3v) is 6.57. The fourth-order valence-electron chi connectivity index (χ4n) is 4.65. The van der Waals surface area contributed by atoms with Crippen LogP contribution in [0.4, 0.5) is 5.69 Å². The molecule has 4 rings (SSSR count). The number of hydrogen-bond acceptors (Lipinski definition) is 7. The minimum absolute atomic E-state index is 0.0728. The number of esters is 1. The van der Waals surface area contributed by atoms with E-state index in [0.29, 0.717) is 33.9 Å². The summed E-state index contributed by atoms with van der Waals surface area (Å²) in [5.74, 6) is -1.30. The number of amides is 1. The van der Waals surface area contributed by atoms with Crippen molar-refractivity contribution < 1.29 is 33.7 Å². The number of aliphatic hydroxyl groups excluding tert-OH is 1. The molecule has 0 spiro atoms. The molecule has 1 N–H and O–H groups in total. The molecule has 0 bridgehead atoms. The number of benzene rings is 3. The Morgan fingerprint density at radius 3 is 2.11 bits per heavy atom. The molecule has 0 aliphatic carbocycles. The standard InChI is InChI=1S/C30H29NO7/c1-17(2)22-16-19(12-15-24(22)37-4)27(32)25-26(21-8-6-7-9-23(21)36-3)31(29(34)28(25)33)20-13-10-18(11-14-20)30(35)38-5/h6-17,26,32H,1-5H3/b27-25+. The summed E-state index contributed by atoms with van der Waals surface area (Å²) in [5, 5.41) is 11.5. The first-order valence-electron chi connectivity index (χ1n) is 12.0. The number of aliphatic hydroxyl groups is 1. The van der Waals surface area contributed by atoms with Crippen molar-refractivity contribution in [2.45, 2.75) is 25.8 Å². The molecule has 1 atom stereocenters. The van der Waals surface area contributed by atoms with Gasteiger partial charge in [0.2, 0.25) is 0 Å². The highest BCUT2D eigenvalue weighted by molar-refractivity contribution is 6.51. The first kappa shape index (κ1) is 26.5. The number of Topliss-reactive ketones (excluding diaryl/α,β-unsaturated/α-hetero) is 1. The van der Waals surface area contributed by atoms with Gasteiger partial charge in [-0.3, -0.25) is 14.5 Å². The molecule has 1 unspecified atom stereocenters. The van der Waals surface area contributed by atoms with Crippen LogP contribution in [0.1, 0.15) is 52.9 Å². The Morgan fingerprint density at radius 1 is 0.868 bits per heavy atom. The van der Waals surface area contributed by atoms with Crippen molar-refractivity contribution >= 4 is 29.1 Å². The Balaban J connectivity index is 1.95. The molecule has 3 aromatic rings. The van der Waals surface area contributed by atoms with Gasteiger partial charge in [-0.05, 0) is 60.0 Å². The minimum Gasteiger partial charge on any atom is -0.507 e. The molecule has 38 heavy (non-hydrogen) atoms. The molecule has 0 aromatic heterocycles. The van der Waals surface area contributed by atoms with Gasteiger partial charge in [-0.15, -0.1) is 0 Å². The normalized spacial score (nSPS) is 16.6. The Bertz CT molecular complexity index is 1420. The van der Waals surface area contributed by atoms with Gasteiger partial charge >= 0.3 is 5.97 Å². The molecule has 1 heterocycles. The number of carbonyl (C=O) groups excluding carboxylic acids is 3. The van der Waals surface area contributed by atoms with E-state index in [0.717, 1.165) is 5.56 Å². The van der Waals surface area contributed by atoms with Crippen LogP contribution in [0.15, 0.2) is 72.3 Å². The first-order chi connectivity index (χ1) is 18.2. The first-order valence-corrected chi connectivity index (χ1v) is 12.0. The zero-order valence-electron chi connectivity index (χ0n) is 21.8. The van der Waals surface area contributed by atoms with Crippen LogP contribution in [-0.2, 0) is 14.3 Å². The SMILES string of the molecule is COC(=O)c1ccc(N2C(=O)C(=O)/C(=C(/O)c3ccc(OC)c(C(C)C)c3)C2c2ccccc2OC)cc1. The van der Waals surface area contributed by atoms with Gasteiger partial charge < -0.3 is 19.3 Å². The number of anilines is 1. The maximum atomic E-state index is 13.5. The van der Waals surface area contributed by atoms with Gasteiger partial charge in [-0.25, -0.2) is 4.79 Å². The lowest BCUT2D eigenvalue weighted by Crippen LogP contribution is -2.29. The molecule has 1 saturated heterocycles. The van der Waals surface area contributed by atoms with E-state index in [1.807, 2.05) is 13.8 Å². The summed E-state index contributed by atoms with van der Waals surface area (Å²) in [6, 6.07) is 17.3. The van der Waals surface area contributed by atoms with Gasteiger partial charge in [0.15, 0.2) is 0 Å². The van der Waals surface area contributed by atoms with Crippen molar-refractivity contribution in [1.29, 1.82) is 0 Å². The van der Waals surface area contributed by atoms with Crippen molar-refractivity contribution in [1.82, 2.24) is 0 Å². The van der Waals surface area contributed by atoms with Crippen molar-refractivity contribution in [3.63, 3.8) is 0 Å². The van der Waals surface area contributed by atoms with Gasteiger partial charge in [0.1, 0.15) is 17.3 Å². The van der Waals surface area contributed by atoms with E-state index < -0.39 is 23.7 Å². The second-order valence-corrected chi connectivity index (χ2v) is 9.06. The molecule has 8 heteroatoms. The lowest BCUT2D eigenvalue weighted by molar-refractivity contribution is -0.132. The van der Waals surface area contributed by atoms with E-state index >= 15 is 0 Å². The average Bonchev–Trinajstić information content (AvgIpc) is 3.21. The highest BCUT2D eigenvalue weighted by Crippen LogP contribution is 2.45. The molecule has 196 valence electrons. The number of para-hydroxylation sites is 1. The maximum Gasteiger partial charge on any atom is 0.337 e. The van der Waals surface area contributed by atoms with Gasteiger partial charge in [0, 0.05) is 16.8 Å². The van der Waals surface area contributed by atoms with E-state index in [9.17, 15) is 19.5 Å². The second kappa shape index (κ2) is 10.8. The van der Waals surface area contributed by atoms with Crippen LogP contribution in [0.3, 0.4) is 0 Å². The van der Waals surface area contributed by atoms with Crippen molar-refractivity contribution in [2.75, 3.05) is 26.2 Å². The molecular formula is C30H29NO7. The summed E-state index contributed by atoms with van der Waals surface area (Å²) < 4.78 is 15.8. The van der Waals surface area contributed by atoms with Crippen molar-refractivity contribution in [3.05, 3.63) is 94.6 Å². The predicted octanol–water partition coefficient (Wildman–Crippen LogP) is 5.24. The van der Waals surface area contributed by atoms with E-state index in [1.165, 1.54) is 31.3 Å². The Labute approximate surface area is 221 Å².